The van der Waals surface area contributed by atoms with Crippen LogP contribution in [0.5, 0.6) is 0 Å². The highest BCUT2D eigenvalue weighted by atomic mass is 16.2. The van der Waals surface area contributed by atoms with Gasteiger partial charge >= 0.3 is 0 Å². The Balaban J connectivity index is 1.46. The van der Waals surface area contributed by atoms with E-state index in [1.807, 2.05) is 0 Å². The van der Waals surface area contributed by atoms with E-state index < -0.39 is 0 Å². The predicted molar refractivity (Wildman–Crippen MR) is 99.3 cm³/mol. The molecule has 132 valence electrons. The molecule has 2 aliphatic rings. The van der Waals surface area contributed by atoms with Gasteiger partial charge in [-0.2, -0.15) is 0 Å². The van der Waals surface area contributed by atoms with Crippen LogP contribution in [0.3, 0.4) is 0 Å². The maximum absolute atomic E-state index is 12.6. The molecular weight excluding hydrogens is 298 g/mol. The van der Waals surface area contributed by atoms with Gasteiger partial charge in [-0.05, 0) is 50.7 Å². The van der Waals surface area contributed by atoms with Crippen molar-refractivity contribution in [3.63, 3.8) is 0 Å². The van der Waals surface area contributed by atoms with E-state index >= 15 is 0 Å². The van der Waals surface area contributed by atoms with Crippen molar-refractivity contribution in [1.82, 2.24) is 10.2 Å². The molecule has 1 unspecified atom stereocenters. The van der Waals surface area contributed by atoms with Crippen molar-refractivity contribution in [2.75, 3.05) is 31.1 Å². The summed E-state index contributed by atoms with van der Waals surface area (Å²) in [5, 5.41) is 3.29. The molecule has 1 aliphatic heterocycles. The van der Waals surface area contributed by atoms with Crippen LogP contribution in [0.2, 0.25) is 0 Å². The third-order valence-electron chi connectivity index (χ3n) is 5.73. The zero-order chi connectivity index (χ0) is 16.9. The van der Waals surface area contributed by atoms with E-state index in [9.17, 15) is 4.79 Å². The van der Waals surface area contributed by atoms with Crippen LogP contribution in [0.15, 0.2) is 30.3 Å². The van der Waals surface area contributed by atoms with Crippen molar-refractivity contribution in [2.45, 2.75) is 51.6 Å². The summed E-state index contributed by atoms with van der Waals surface area (Å²) in [4.78, 5) is 17.3. The molecule has 0 aromatic heterocycles. The molecule has 1 N–H and O–H groups in total. The van der Waals surface area contributed by atoms with E-state index in [0.29, 0.717) is 6.04 Å². The zero-order valence-electron chi connectivity index (χ0n) is 15.1. The SMILES string of the molecule is CC1CCC(NC(=O)C(C)N2CCN(c3ccccc3)CC2)CC1. The fourth-order valence-corrected chi connectivity index (χ4v) is 3.90. The van der Waals surface area contributed by atoms with Gasteiger partial charge in [0.25, 0.3) is 0 Å². The predicted octanol–water partition coefficient (Wildman–Crippen LogP) is 2.89. The summed E-state index contributed by atoms with van der Waals surface area (Å²) in [6.07, 6.45) is 4.77. The van der Waals surface area contributed by atoms with Crippen molar-refractivity contribution in [1.29, 1.82) is 0 Å². The van der Waals surface area contributed by atoms with Crippen LogP contribution in [0.25, 0.3) is 0 Å². The van der Waals surface area contributed by atoms with Crippen LogP contribution in [-0.2, 0) is 4.79 Å². The number of anilines is 1. The summed E-state index contributed by atoms with van der Waals surface area (Å²) in [6.45, 7) is 8.24. The summed E-state index contributed by atoms with van der Waals surface area (Å²) in [6, 6.07) is 10.9. The van der Waals surface area contributed by atoms with Gasteiger partial charge in [0.15, 0.2) is 0 Å². The first kappa shape index (κ1) is 17.3. The molecule has 1 aromatic rings. The average molecular weight is 329 g/mol. The lowest BCUT2D eigenvalue weighted by molar-refractivity contribution is -0.127. The molecule has 1 heterocycles. The summed E-state index contributed by atoms with van der Waals surface area (Å²) in [5.74, 6) is 1.03. The quantitative estimate of drug-likeness (QED) is 0.922. The Hall–Kier alpha value is -1.55. The average Bonchev–Trinajstić information content (AvgIpc) is 2.64. The molecule has 2 fully saturated rings. The second-order valence-corrected chi connectivity index (χ2v) is 7.50. The third kappa shape index (κ3) is 4.29. The van der Waals surface area contributed by atoms with E-state index in [2.05, 4.69) is 59.3 Å². The molecular formula is C20H31N3O. The lowest BCUT2D eigenvalue weighted by Gasteiger charge is -2.39. The molecule has 0 spiro atoms. The fourth-order valence-electron chi connectivity index (χ4n) is 3.90. The number of rotatable bonds is 4. The lowest BCUT2D eigenvalue weighted by atomic mass is 9.87. The van der Waals surface area contributed by atoms with Crippen LogP contribution >= 0.6 is 0 Å². The Bertz CT molecular complexity index is 517. The number of para-hydroxylation sites is 1. The lowest BCUT2D eigenvalue weighted by Crippen LogP contribution is -2.55. The first-order valence-corrected chi connectivity index (χ1v) is 9.48. The maximum atomic E-state index is 12.6. The van der Waals surface area contributed by atoms with E-state index in [4.69, 9.17) is 0 Å². The Labute approximate surface area is 146 Å². The highest BCUT2D eigenvalue weighted by molar-refractivity contribution is 5.81. The number of hydrogen-bond acceptors (Lipinski definition) is 3. The minimum atomic E-state index is -0.0257. The van der Waals surface area contributed by atoms with Crippen LogP contribution in [0, 0.1) is 5.92 Å². The van der Waals surface area contributed by atoms with Gasteiger partial charge in [-0.1, -0.05) is 25.1 Å². The number of nitrogens with one attached hydrogen (secondary N) is 1. The number of nitrogens with zero attached hydrogens (tertiary/aromatic N) is 2. The number of benzene rings is 1. The molecule has 4 nitrogen and oxygen atoms in total. The van der Waals surface area contributed by atoms with Crippen molar-refractivity contribution in [3.05, 3.63) is 30.3 Å². The molecule has 0 bridgehead atoms. The van der Waals surface area contributed by atoms with E-state index in [0.717, 1.165) is 44.9 Å². The Morgan fingerprint density at radius 2 is 1.67 bits per heavy atom. The number of piperazine rings is 1. The smallest absolute Gasteiger partial charge is 0.237 e. The second kappa shape index (κ2) is 8.02. The van der Waals surface area contributed by atoms with E-state index in [-0.39, 0.29) is 11.9 Å². The molecule has 0 radical (unpaired) electrons. The third-order valence-corrected chi connectivity index (χ3v) is 5.73. The number of amides is 1. The molecule has 24 heavy (non-hydrogen) atoms. The molecule has 1 saturated carbocycles. The molecule has 3 rings (SSSR count). The van der Waals surface area contributed by atoms with Crippen LogP contribution in [0.4, 0.5) is 5.69 Å². The van der Waals surface area contributed by atoms with Crippen molar-refractivity contribution < 1.29 is 4.79 Å². The van der Waals surface area contributed by atoms with Crippen LogP contribution in [-0.4, -0.2) is 49.1 Å². The normalized spacial score (nSPS) is 26.8. The molecule has 1 amide bonds. The first-order valence-electron chi connectivity index (χ1n) is 9.48. The van der Waals surface area contributed by atoms with E-state index in [1.54, 1.807) is 0 Å². The Morgan fingerprint density at radius 3 is 2.29 bits per heavy atom. The molecule has 1 aromatic carbocycles. The number of carbonyl (C=O) groups excluding carboxylic acids is 1. The summed E-state index contributed by atoms with van der Waals surface area (Å²) < 4.78 is 0. The highest BCUT2D eigenvalue weighted by Crippen LogP contribution is 2.23. The summed E-state index contributed by atoms with van der Waals surface area (Å²) in [5.41, 5.74) is 1.28. The minimum absolute atomic E-state index is 0.0257. The largest absolute Gasteiger partial charge is 0.369 e. The topological polar surface area (TPSA) is 35.6 Å². The second-order valence-electron chi connectivity index (χ2n) is 7.50. The molecule has 4 heteroatoms. The Morgan fingerprint density at radius 1 is 1.04 bits per heavy atom. The van der Waals surface area contributed by atoms with Crippen molar-refractivity contribution in [3.8, 4) is 0 Å². The van der Waals surface area contributed by atoms with Crippen LogP contribution in [0.1, 0.15) is 39.5 Å². The monoisotopic (exact) mass is 329 g/mol. The van der Waals surface area contributed by atoms with Crippen molar-refractivity contribution in [2.24, 2.45) is 5.92 Å². The Kier molecular flexibility index (Phi) is 5.77. The zero-order valence-corrected chi connectivity index (χ0v) is 15.1. The van der Waals surface area contributed by atoms with Gasteiger partial charge in [-0.3, -0.25) is 9.69 Å². The van der Waals surface area contributed by atoms with Crippen LogP contribution < -0.4 is 10.2 Å². The van der Waals surface area contributed by atoms with Gasteiger partial charge in [0, 0.05) is 37.9 Å². The highest BCUT2D eigenvalue weighted by Gasteiger charge is 2.28. The van der Waals surface area contributed by atoms with Gasteiger partial charge < -0.3 is 10.2 Å². The number of carbonyl (C=O) groups is 1. The van der Waals surface area contributed by atoms with Gasteiger partial charge in [0.2, 0.25) is 5.91 Å². The van der Waals surface area contributed by atoms with Gasteiger partial charge in [-0.25, -0.2) is 0 Å². The maximum Gasteiger partial charge on any atom is 0.237 e. The molecule has 1 atom stereocenters. The van der Waals surface area contributed by atoms with Gasteiger partial charge in [-0.15, -0.1) is 0 Å². The van der Waals surface area contributed by atoms with Crippen molar-refractivity contribution >= 4 is 11.6 Å². The van der Waals surface area contributed by atoms with E-state index in [1.165, 1.54) is 18.5 Å². The minimum Gasteiger partial charge on any atom is -0.369 e. The summed E-state index contributed by atoms with van der Waals surface area (Å²) >= 11 is 0. The first-order chi connectivity index (χ1) is 11.6. The molecule has 1 saturated heterocycles. The molecule has 1 aliphatic carbocycles. The summed E-state index contributed by atoms with van der Waals surface area (Å²) in [7, 11) is 0. The standard InChI is InChI=1S/C20H31N3O/c1-16-8-10-18(11-9-16)21-20(24)17(2)22-12-14-23(15-13-22)19-6-4-3-5-7-19/h3-7,16-18H,8-15H2,1-2H3,(H,21,24). The van der Waals surface area contributed by atoms with Gasteiger partial charge in [0.05, 0.1) is 6.04 Å². The van der Waals surface area contributed by atoms with Gasteiger partial charge in [0.1, 0.15) is 0 Å². The fraction of sp³-hybridized carbons (Fsp3) is 0.650. The number of hydrogen-bond donors (Lipinski definition) is 1.